The Labute approximate surface area is 93.6 Å². The van der Waals surface area contributed by atoms with Crippen LogP contribution in [0.5, 0.6) is 0 Å². The summed E-state index contributed by atoms with van der Waals surface area (Å²) in [7, 11) is 0. The quantitative estimate of drug-likeness (QED) is 0.830. The second-order valence-corrected chi connectivity index (χ2v) is 4.33. The first kappa shape index (κ1) is 10.9. The number of benzene rings is 1. The minimum atomic E-state index is -0.247. The van der Waals surface area contributed by atoms with Crippen molar-refractivity contribution in [3.63, 3.8) is 0 Å². The molecular weight excluding hydrogens is 215 g/mol. The van der Waals surface area contributed by atoms with Gasteiger partial charge < -0.3 is 11.1 Å². The minimum Gasteiger partial charge on any atom is -0.329 e. The van der Waals surface area contributed by atoms with Crippen molar-refractivity contribution >= 4 is 11.6 Å². The van der Waals surface area contributed by atoms with Crippen molar-refractivity contribution in [3.05, 3.63) is 34.6 Å². The van der Waals surface area contributed by atoms with Crippen LogP contribution >= 0.6 is 11.6 Å². The zero-order valence-corrected chi connectivity index (χ0v) is 9.10. The van der Waals surface area contributed by atoms with Crippen LogP contribution in [0.3, 0.4) is 0 Å². The number of halogens is 2. The van der Waals surface area contributed by atoms with Crippen molar-refractivity contribution in [2.24, 2.45) is 5.73 Å². The highest BCUT2D eigenvalue weighted by Gasteiger charge is 2.25. The molecule has 1 aliphatic carbocycles. The molecule has 0 heterocycles. The van der Waals surface area contributed by atoms with Crippen molar-refractivity contribution < 1.29 is 4.39 Å². The third kappa shape index (κ3) is 2.68. The van der Waals surface area contributed by atoms with Crippen LogP contribution in [0.1, 0.15) is 24.4 Å². The van der Waals surface area contributed by atoms with Crippen molar-refractivity contribution in [1.82, 2.24) is 5.32 Å². The van der Waals surface area contributed by atoms with Crippen LogP contribution in [0.25, 0.3) is 0 Å². The van der Waals surface area contributed by atoms with Gasteiger partial charge in [-0.25, -0.2) is 4.39 Å². The maximum absolute atomic E-state index is 13.5. The minimum absolute atomic E-state index is 0.129. The molecule has 1 fully saturated rings. The molecule has 1 atom stereocenters. The van der Waals surface area contributed by atoms with E-state index in [9.17, 15) is 4.39 Å². The average molecular weight is 229 g/mol. The zero-order valence-electron chi connectivity index (χ0n) is 8.34. The van der Waals surface area contributed by atoms with Gasteiger partial charge in [-0.15, -0.1) is 0 Å². The zero-order chi connectivity index (χ0) is 10.8. The van der Waals surface area contributed by atoms with Crippen LogP contribution in [0.2, 0.25) is 5.02 Å². The van der Waals surface area contributed by atoms with Gasteiger partial charge in [0.15, 0.2) is 0 Å². The lowest BCUT2D eigenvalue weighted by Crippen LogP contribution is -2.30. The standard InChI is InChI=1S/C11H14ClFN2/c12-7-1-4-10(13)9(5-7)11(6-14)15-8-2-3-8/h1,4-5,8,11,15H,2-3,6,14H2. The second kappa shape index (κ2) is 4.47. The van der Waals surface area contributed by atoms with E-state index in [-0.39, 0.29) is 11.9 Å². The molecule has 0 radical (unpaired) electrons. The van der Waals surface area contributed by atoms with E-state index in [4.69, 9.17) is 17.3 Å². The highest BCUT2D eigenvalue weighted by molar-refractivity contribution is 6.30. The summed E-state index contributed by atoms with van der Waals surface area (Å²) in [5.74, 6) is -0.247. The van der Waals surface area contributed by atoms with Crippen molar-refractivity contribution in [1.29, 1.82) is 0 Å². The van der Waals surface area contributed by atoms with E-state index in [2.05, 4.69) is 5.32 Å². The lowest BCUT2D eigenvalue weighted by Gasteiger charge is -2.17. The molecule has 1 aromatic carbocycles. The summed E-state index contributed by atoms with van der Waals surface area (Å²) >= 11 is 5.83. The van der Waals surface area contributed by atoms with Gasteiger partial charge >= 0.3 is 0 Å². The predicted molar refractivity (Wildman–Crippen MR) is 59.4 cm³/mol. The predicted octanol–water partition coefficient (Wildman–Crippen LogP) is 2.23. The molecule has 15 heavy (non-hydrogen) atoms. The van der Waals surface area contributed by atoms with E-state index in [0.29, 0.717) is 23.2 Å². The van der Waals surface area contributed by atoms with Crippen molar-refractivity contribution in [2.45, 2.75) is 24.9 Å². The normalized spacial score (nSPS) is 17.8. The Bertz CT molecular complexity index is 352. The Balaban J connectivity index is 2.19. The Morgan fingerprint density at radius 2 is 2.27 bits per heavy atom. The van der Waals surface area contributed by atoms with Gasteiger partial charge in [0.05, 0.1) is 0 Å². The fourth-order valence-electron chi connectivity index (χ4n) is 1.60. The summed E-state index contributed by atoms with van der Waals surface area (Å²) < 4.78 is 13.5. The van der Waals surface area contributed by atoms with Gasteiger partial charge in [-0.05, 0) is 31.0 Å². The van der Waals surface area contributed by atoms with Crippen LogP contribution in [0.4, 0.5) is 4.39 Å². The monoisotopic (exact) mass is 228 g/mol. The van der Waals surface area contributed by atoms with E-state index >= 15 is 0 Å². The summed E-state index contributed by atoms with van der Waals surface area (Å²) in [6.45, 7) is 0.383. The Morgan fingerprint density at radius 3 is 2.87 bits per heavy atom. The molecule has 0 amide bonds. The Morgan fingerprint density at radius 1 is 1.53 bits per heavy atom. The molecular formula is C11H14ClFN2. The van der Waals surface area contributed by atoms with Gasteiger partial charge in [-0.1, -0.05) is 11.6 Å². The van der Waals surface area contributed by atoms with Gasteiger partial charge in [0.1, 0.15) is 5.82 Å². The van der Waals surface area contributed by atoms with E-state index in [0.717, 1.165) is 12.8 Å². The third-order valence-electron chi connectivity index (χ3n) is 2.58. The molecule has 82 valence electrons. The van der Waals surface area contributed by atoms with Gasteiger partial charge in [0, 0.05) is 29.2 Å². The lowest BCUT2D eigenvalue weighted by molar-refractivity contribution is 0.504. The van der Waals surface area contributed by atoms with Gasteiger partial charge in [0.2, 0.25) is 0 Å². The van der Waals surface area contributed by atoms with Crippen molar-refractivity contribution in [2.75, 3.05) is 6.54 Å². The summed E-state index contributed by atoms with van der Waals surface area (Å²) in [4.78, 5) is 0. The number of hydrogen-bond acceptors (Lipinski definition) is 2. The molecule has 3 N–H and O–H groups in total. The number of rotatable bonds is 4. The topological polar surface area (TPSA) is 38.0 Å². The average Bonchev–Trinajstić information content (AvgIpc) is 3.02. The van der Waals surface area contributed by atoms with Gasteiger partial charge in [0.25, 0.3) is 0 Å². The molecule has 1 unspecified atom stereocenters. The molecule has 0 aliphatic heterocycles. The molecule has 2 nitrogen and oxygen atoms in total. The molecule has 0 spiro atoms. The van der Waals surface area contributed by atoms with E-state index in [1.165, 1.54) is 6.07 Å². The summed E-state index contributed by atoms with van der Waals surface area (Å²) in [6, 6.07) is 4.94. The highest BCUT2D eigenvalue weighted by atomic mass is 35.5. The fourth-order valence-corrected chi connectivity index (χ4v) is 1.78. The van der Waals surface area contributed by atoms with E-state index < -0.39 is 0 Å². The number of hydrogen-bond donors (Lipinski definition) is 2. The SMILES string of the molecule is NCC(NC1CC1)c1cc(Cl)ccc1F. The maximum atomic E-state index is 13.5. The largest absolute Gasteiger partial charge is 0.329 e. The molecule has 0 aromatic heterocycles. The molecule has 1 aromatic rings. The van der Waals surface area contributed by atoms with Crippen LogP contribution in [-0.4, -0.2) is 12.6 Å². The summed E-state index contributed by atoms with van der Waals surface area (Å²) in [5, 5.41) is 3.85. The first-order valence-electron chi connectivity index (χ1n) is 5.12. The number of nitrogens with one attached hydrogen (secondary N) is 1. The molecule has 0 bridgehead atoms. The molecule has 4 heteroatoms. The molecule has 0 saturated heterocycles. The lowest BCUT2D eigenvalue weighted by atomic mass is 10.1. The molecule has 1 aliphatic rings. The van der Waals surface area contributed by atoms with Gasteiger partial charge in [-0.3, -0.25) is 0 Å². The van der Waals surface area contributed by atoms with Crippen molar-refractivity contribution in [3.8, 4) is 0 Å². The van der Waals surface area contributed by atoms with Gasteiger partial charge in [-0.2, -0.15) is 0 Å². The second-order valence-electron chi connectivity index (χ2n) is 3.90. The third-order valence-corrected chi connectivity index (χ3v) is 2.82. The summed E-state index contributed by atoms with van der Waals surface area (Å²) in [6.07, 6.45) is 2.30. The maximum Gasteiger partial charge on any atom is 0.128 e. The van der Waals surface area contributed by atoms with Crippen LogP contribution in [-0.2, 0) is 0 Å². The Kier molecular flexibility index (Phi) is 3.24. The first-order valence-corrected chi connectivity index (χ1v) is 5.49. The highest BCUT2D eigenvalue weighted by Crippen LogP contribution is 2.26. The molecule has 2 rings (SSSR count). The Hall–Kier alpha value is -0.640. The van der Waals surface area contributed by atoms with E-state index in [1.54, 1.807) is 12.1 Å². The first-order chi connectivity index (χ1) is 7.20. The fraction of sp³-hybridized carbons (Fsp3) is 0.455. The van der Waals surface area contributed by atoms with E-state index in [1.807, 2.05) is 0 Å². The van der Waals surface area contributed by atoms with Crippen LogP contribution in [0, 0.1) is 5.82 Å². The van der Waals surface area contributed by atoms with Crippen LogP contribution in [0.15, 0.2) is 18.2 Å². The smallest absolute Gasteiger partial charge is 0.128 e. The summed E-state index contributed by atoms with van der Waals surface area (Å²) in [5.41, 5.74) is 6.19. The molecule has 1 saturated carbocycles. The van der Waals surface area contributed by atoms with Crippen LogP contribution < -0.4 is 11.1 Å². The number of nitrogens with two attached hydrogens (primary N) is 1.